The fourth-order valence-electron chi connectivity index (χ4n) is 3.48. The van der Waals surface area contributed by atoms with Crippen molar-refractivity contribution in [2.75, 3.05) is 38.3 Å². The molecule has 6 nitrogen and oxygen atoms in total. The number of amides is 1. The van der Waals surface area contributed by atoms with Crippen molar-refractivity contribution in [3.8, 4) is 11.5 Å². The van der Waals surface area contributed by atoms with Crippen LogP contribution in [0, 0.1) is 0 Å². The Kier molecular flexibility index (Phi) is 4.65. The molecule has 0 atom stereocenters. The van der Waals surface area contributed by atoms with E-state index in [0.29, 0.717) is 25.3 Å². The minimum atomic E-state index is -0.0186. The third-order valence-corrected chi connectivity index (χ3v) is 4.80. The summed E-state index contributed by atoms with van der Waals surface area (Å²) in [6, 6.07) is 9.51. The van der Waals surface area contributed by atoms with Crippen LogP contribution in [-0.2, 0) is 6.54 Å². The number of pyridine rings is 1. The van der Waals surface area contributed by atoms with Crippen molar-refractivity contribution in [2.45, 2.75) is 19.4 Å². The largest absolute Gasteiger partial charge is 0.486 e. The van der Waals surface area contributed by atoms with Crippen molar-refractivity contribution in [1.82, 2.24) is 9.88 Å². The number of anilines is 1. The number of aromatic nitrogens is 1. The van der Waals surface area contributed by atoms with Gasteiger partial charge in [0, 0.05) is 32.9 Å². The molecule has 2 aliphatic heterocycles. The number of benzene rings is 1. The number of rotatable bonds is 4. The topological polar surface area (TPSA) is 54.9 Å². The highest BCUT2D eigenvalue weighted by molar-refractivity contribution is 5.98. The Morgan fingerprint density at radius 2 is 1.92 bits per heavy atom. The van der Waals surface area contributed by atoms with Gasteiger partial charge in [-0.2, -0.15) is 0 Å². The second kappa shape index (κ2) is 7.23. The molecule has 1 amide bonds. The lowest BCUT2D eigenvalue weighted by molar-refractivity contribution is 0.0785. The van der Waals surface area contributed by atoms with Gasteiger partial charge in [0.25, 0.3) is 5.91 Å². The van der Waals surface area contributed by atoms with Crippen molar-refractivity contribution >= 4 is 11.7 Å². The first kappa shape index (κ1) is 16.7. The Labute approximate surface area is 153 Å². The normalized spacial score (nSPS) is 15.8. The Balaban J connectivity index is 1.52. The third-order valence-electron chi connectivity index (χ3n) is 4.80. The van der Waals surface area contributed by atoms with E-state index < -0.39 is 0 Å². The highest BCUT2D eigenvalue weighted by Gasteiger charge is 2.23. The molecule has 4 rings (SSSR count). The molecule has 1 aromatic heterocycles. The quantitative estimate of drug-likeness (QED) is 0.846. The molecule has 136 valence electrons. The number of hydrogen-bond acceptors (Lipinski definition) is 5. The minimum Gasteiger partial charge on any atom is -0.486 e. The van der Waals surface area contributed by atoms with E-state index in [4.69, 9.17) is 9.47 Å². The van der Waals surface area contributed by atoms with E-state index in [-0.39, 0.29) is 5.91 Å². The molecule has 6 heteroatoms. The van der Waals surface area contributed by atoms with Gasteiger partial charge in [-0.1, -0.05) is 6.07 Å². The molecule has 0 N–H and O–H groups in total. The van der Waals surface area contributed by atoms with E-state index in [0.717, 1.165) is 48.8 Å². The summed E-state index contributed by atoms with van der Waals surface area (Å²) in [5, 5.41) is 0. The summed E-state index contributed by atoms with van der Waals surface area (Å²) in [5.41, 5.74) is 1.67. The van der Waals surface area contributed by atoms with Gasteiger partial charge in [0.1, 0.15) is 19.0 Å². The molecule has 0 bridgehead atoms. The van der Waals surface area contributed by atoms with Gasteiger partial charge < -0.3 is 19.3 Å². The number of ether oxygens (including phenoxy) is 2. The molecule has 2 aliphatic rings. The lowest BCUT2D eigenvalue weighted by Gasteiger charge is -2.24. The summed E-state index contributed by atoms with van der Waals surface area (Å²) in [7, 11) is 1.82. The molecular weight excluding hydrogens is 330 g/mol. The van der Waals surface area contributed by atoms with E-state index in [9.17, 15) is 4.79 Å². The average molecular weight is 353 g/mol. The summed E-state index contributed by atoms with van der Waals surface area (Å²) in [4.78, 5) is 21.4. The Morgan fingerprint density at radius 1 is 1.15 bits per heavy atom. The number of hydrogen-bond donors (Lipinski definition) is 0. The van der Waals surface area contributed by atoms with Crippen molar-refractivity contribution in [3.63, 3.8) is 0 Å². The first-order chi connectivity index (χ1) is 12.7. The zero-order valence-electron chi connectivity index (χ0n) is 15.0. The van der Waals surface area contributed by atoms with Crippen molar-refractivity contribution < 1.29 is 14.3 Å². The van der Waals surface area contributed by atoms with Gasteiger partial charge in [0.15, 0.2) is 11.5 Å². The lowest BCUT2D eigenvalue weighted by Crippen LogP contribution is -2.29. The first-order valence-electron chi connectivity index (χ1n) is 9.06. The van der Waals surface area contributed by atoms with Gasteiger partial charge in [-0.15, -0.1) is 0 Å². The fourth-order valence-corrected chi connectivity index (χ4v) is 3.48. The third kappa shape index (κ3) is 3.31. The molecule has 0 saturated carbocycles. The summed E-state index contributed by atoms with van der Waals surface area (Å²) in [6.45, 7) is 3.56. The number of carbonyl (C=O) groups is 1. The molecule has 3 heterocycles. The Hall–Kier alpha value is -2.76. The van der Waals surface area contributed by atoms with E-state index in [1.807, 2.05) is 37.4 Å². The van der Waals surface area contributed by atoms with Crippen molar-refractivity contribution in [1.29, 1.82) is 0 Å². The summed E-state index contributed by atoms with van der Waals surface area (Å²) in [6.07, 6.45) is 4.06. The van der Waals surface area contributed by atoms with Crippen LogP contribution in [-0.4, -0.2) is 49.1 Å². The lowest BCUT2D eigenvalue weighted by atomic mass is 10.1. The van der Waals surface area contributed by atoms with E-state index in [1.54, 1.807) is 11.1 Å². The molecular formula is C20H23N3O3. The Bertz CT molecular complexity index is 803. The second-order valence-corrected chi connectivity index (χ2v) is 6.71. The molecule has 2 aromatic rings. The maximum atomic E-state index is 13.0. The molecule has 0 radical (unpaired) electrons. The molecule has 1 fully saturated rings. The van der Waals surface area contributed by atoms with Crippen molar-refractivity contribution in [2.24, 2.45) is 0 Å². The highest BCUT2D eigenvalue weighted by Crippen LogP contribution is 2.31. The van der Waals surface area contributed by atoms with Gasteiger partial charge in [0.2, 0.25) is 0 Å². The fraction of sp³-hybridized carbons (Fsp3) is 0.400. The van der Waals surface area contributed by atoms with Crippen LogP contribution < -0.4 is 14.4 Å². The van der Waals surface area contributed by atoms with E-state index in [1.165, 1.54) is 0 Å². The van der Waals surface area contributed by atoms with Gasteiger partial charge in [-0.3, -0.25) is 4.79 Å². The highest BCUT2D eigenvalue weighted by atomic mass is 16.6. The monoisotopic (exact) mass is 353 g/mol. The van der Waals surface area contributed by atoms with E-state index in [2.05, 4.69) is 9.88 Å². The first-order valence-corrected chi connectivity index (χ1v) is 9.06. The van der Waals surface area contributed by atoms with Gasteiger partial charge in [0.05, 0.1) is 5.56 Å². The van der Waals surface area contributed by atoms with E-state index >= 15 is 0 Å². The van der Waals surface area contributed by atoms with Crippen molar-refractivity contribution in [3.05, 3.63) is 47.7 Å². The van der Waals surface area contributed by atoms with Gasteiger partial charge in [-0.25, -0.2) is 4.98 Å². The summed E-state index contributed by atoms with van der Waals surface area (Å²) in [5.74, 6) is 2.28. The average Bonchev–Trinajstić information content (AvgIpc) is 3.22. The van der Waals surface area contributed by atoms with Gasteiger partial charge >= 0.3 is 0 Å². The Morgan fingerprint density at radius 3 is 2.73 bits per heavy atom. The zero-order valence-corrected chi connectivity index (χ0v) is 15.0. The maximum absolute atomic E-state index is 13.0. The van der Waals surface area contributed by atoms with Gasteiger partial charge in [-0.05, 0) is 42.7 Å². The van der Waals surface area contributed by atoms with Crippen LogP contribution in [0.3, 0.4) is 0 Å². The number of fused-ring (bicyclic) bond motifs is 1. The number of nitrogens with zero attached hydrogens (tertiary/aromatic N) is 3. The van der Waals surface area contributed by atoms with Crippen LogP contribution in [0.4, 0.5) is 5.82 Å². The van der Waals surface area contributed by atoms with Crippen LogP contribution in [0.15, 0.2) is 36.5 Å². The van der Waals surface area contributed by atoms with Crippen LogP contribution in [0.1, 0.15) is 28.8 Å². The second-order valence-electron chi connectivity index (χ2n) is 6.71. The maximum Gasteiger partial charge on any atom is 0.257 e. The molecule has 0 spiro atoms. The zero-order chi connectivity index (χ0) is 17.9. The standard InChI is InChI=1S/C20H23N3O3/c1-22(14-15-6-7-17-18(13-15)26-12-11-25-17)20(24)16-5-4-8-21-19(16)23-9-2-3-10-23/h4-8,13H,2-3,9-12,14H2,1H3. The number of carbonyl (C=O) groups excluding carboxylic acids is 1. The molecule has 1 saturated heterocycles. The van der Waals surface area contributed by atoms with Crippen LogP contribution >= 0.6 is 0 Å². The van der Waals surface area contributed by atoms with Crippen LogP contribution in [0.2, 0.25) is 0 Å². The molecule has 26 heavy (non-hydrogen) atoms. The molecule has 0 aliphatic carbocycles. The summed E-state index contributed by atoms with van der Waals surface area (Å²) >= 11 is 0. The predicted octanol–water partition coefficient (Wildman–Crippen LogP) is 2.73. The predicted molar refractivity (Wildman–Crippen MR) is 98.9 cm³/mol. The smallest absolute Gasteiger partial charge is 0.257 e. The van der Waals surface area contributed by atoms with Crippen LogP contribution in [0.5, 0.6) is 11.5 Å². The van der Waals surface area contributed by atoms with Crippen LogP contribution in [0.25, 0.3) is 0 Å². The summed E-state index contributed by atoms with van der Waals surface area (Å²) < 4.78 is 11.2. The minimum absolute atomic E-state index is 0.0186. The molecule has 1 aromatic carbocycles. The SMILES string of the molecule is CN(Cc1ccc2c(c1)OCCO2)C(=O)c1cccnc1N1CCCC1. The molecule has 0 unspecified atom stereocenters.